The van der Waals surface area contributed by atoms with Gasteiger partial charge in [-0.3, -0.25) is 14.4 Å². The molecule has 9 heteroatoms. The maximum atomic E-state index is 14.7. The summed E-state index contributed by atoms with van der Waals surface area (Å²) in [5.74, 6) is -1.55. The molecule has 5 atom stereocenters. The monoisotopic (exact) mass is 613 g/mol. The van der Waals surface area contributed by atoms with E-state index in [9.17, 15) is 19.5 Å². The molecule has 45 heavy (non-hydrogen) atoms. The fraction of sp³-hybridized carbons (Fsp3) is 0.472. The first-order valence-corrected chi connectivity index (χ1v) is 16.2. The van der Waals surface area contributed by atoms with Crippen LogP contribution >= 0.6 is 0 Å². The lowest BCUT2D eigenvalue weighted by Crippen LogP contribution is -2.56. The number of carbonyl (C=O) groups is 3. The standard InChI is InChI=1S/C36H43N3O6/c1-3-35-19-11-23-38(27-15-17-28(18-16-27)44-4-2)32(41)29(35)30-33(42)39(22-9-6-10-24-40)31-34(43)37(21-12-20-36(30,31)45-35)25-26-13-7-5-8-14-26/h5,7-8,11-20,29-31,40H,3-4,6,9-10,21-25H2,1-2H3/t29-,30-,31?,35+,36-/m0/s1. The molecule has 2 saturated heterocycles. The molecule has 2 aromatic rings. The molecule has 4 aliphatic rings. The minimum atomic E-state index is -1.29. The number of amides is 3. The van der Waals surface area contributed by atoms with Crippen LogP contribution in [-0.4, -0.2) is 82.7 Å². The molecule has 6 rings (SSSR count). The highest BCUT2D eigenvalue weighted by Gasteiger charge is 2.75. The minimum Gasteiger partial charge on any atom is -0.494 e. The lowest BCUT2D eigenvalue weighted by Gasteiger charge is -2.38. The smallest absolute Gasteiger partial charge is 0.249 e. The number of aliphatic hydroxyl groups is 1. The van der Waals surface area contributed by atoms with Crippen molar-refractivity contribution in [3.8, 4) is 5.75 Å². The lowest BCUT2D eigenvalue weighted by molar-refractivity contribution is -0.152. The molecular weight excluding hydrogens is 570 g/mol. The van der Waals surface area contributed by atoms with E-state index < -0.39 is 29.1 Å². The summed E-state index contributed by atoms with van der Waals surface area (Å²) in [6.07, 6.45) is 10.2. The van der Waals surface area contributed by atoms with Gasteiger partial charge in [0.15, 0.2) is 0 Å². The van der Waals surface area contributed by atoms with Gasteiger partial charge in [-0.1, -0.05) is 61.6 Å². The number of aliphatic hydroxyl groups excluding tert-OH is 1. The summed E-state index contributed by atoms with van der Waals surface area (Å²) in [5, 5.41) is 9.36. The quantitative estimate of drug-likeness (QED) is 0.303. The number of ether oxygens (including phenoxy) is 2. The van der Waals surface area contributed by atoms with Gasteiger partial charge in [-0.25, -0.2) is 0 Å². The summed E-state index contributed by atoms with van der Waals surface area (Å²) in [5.41, 5.74) is -0.626. The van der Waals surface area contributed by atoms with E-state index in [2.05, 4.69) is 0 Å². The number of unbranched alkanes of at least 4 members (excludes halogenated alkanes) is 2. The SMILES string of the molecule is CCOc1ccc(N2CC=C[C@@]3(CC)O[C@]45C=CCN(Cc6ccccc6)C(=O)C4N(CCCCCO)C(=O)[C@@H]5[C@H]3C2=O)cc1. The Morgan fingerprint density at radius 3 is 2.33 bits per heavy atom. The molecule has 4 aliphatic heterocycles. The number of likely N-dealkylation sites (tertiary alicyclic amines) is 1. The van der Waals surface area contributed by atoms with Crippen molar-refractivity contribution in [2.75, 3.05) is 37.7 Å². The highest BCUT2D eigenvalue weighted by atomic mass is 16.5. The number of carbonyl (C=O) groups excluding carboxylic acids is 3. The van der Waals surface area contributed by atoms with Crippen molar-refractivity contribution in [1.82, 2.24) is 9.80 Å². The van der Waals surface area contributed by atoms with Crippen molar-refractivity contribution in [2.24, 2.45) is 11.8 Å². The summed E-state index contributed by atoms with van der Waals surface area (Å²) in [7, 11) is 0. The van der Waals surface area contributed by atoms with E-state index in [1.54, 1.807) is 14.7 Å². The number of fused-ring (bicyclic) bond motifs is 2. The molecule has 0 radical (unpaired) electrons. The Morgan fingerprint density at radius 2 is 1.62 bits per heavy atom. The average molecular weight is 614 g/mol. The second-order valence-electron chi connectivity index (χ2n) is 12.3. The Balaban J connectivity index is 1.40. The predicted molar refractivity (Wildman–Crippen MR) is 170 cm³/mol. The Morgan fingerprint density at radius 1 is 0.867 bits per heavy atom. The zero-order valence-corrected chi connectivity index (χ0v) is 26.1. The van der Waals surface area contributed by atoms with E-state index in [-0.39, 0.29) is 24.3 Å². The van der Waals surface area contributed by atoms with Gasteiger partial charge in [0.1, 0.15) is 17.4 Å². The van der Waals surface area contributed by atoms with Crippen LogP contribution in [-0.2, 0) is 25.7 Å². The van der Waals surface area contributed by atoms with Crippen molar-refractivity contribution >= 4 is 23.4 Å². The highest BCUT2D eigenvalue weighted by Crippen LogP contribution is 2.58. The number of benzene rings is 2. The molecule has 2 aromatic carbocycles. The van der Waals surface area contributed by atoms with Crippen LogP contribution in [0.25, 0.3) is 0 Å². The number of anilines is 1. The number of nitrogens with zero attached hydrogens (tertiary/aromatic N) is 3. The van der Waals surface area contributed by atoms with Crippen molar-refractivity contribution in [2.45, 2.75) is 63.3 Å². The third kappa shape index (κ3) is 5.36. The summed E-state index contributed by atoms with van der Waals surface area (Å²) < 4.78 is 12.7. The van der Waals surface area contributed by atoms with Gasteiger partial charge in [-0.05, 0) is 62.4 Å². The van der Waals surface area contributed by atoms with Crippen molar-refractivity contribution in [3.05, 3.63) is 84.5 Å². The Bertz CT molecular complexity index is 1460. The fourth-order valence-corrected chi connectivity index (χ4v) is 7.68. The first-order valence-electron chi connectivity index (χ1n) is 16.2. The van der Waals surface area contributed by atoms with Crippen LogP contribution in [0, 0.1) is 11.8 Å². The topological polar surface area (TPSA) is 99.6 Å². The van der Waals surface area contributed by atoms with Crippen LogP contribution in [0.4, 0.5) is 5.69 Å². The van der Waals surface area contributed by atoms with Crippen LogP contribution in [0.15, 0.2) is 78.9 Å². The van der Waals surface area contributed by atoms with Gasteiger partial charge in [-0.15, -0.1) is 0 Å². The zero-order valence-electron chi connectivity index (χ0n) is 26.1. The van der Waals surface area contributed by atoms with Crippen LogP contribution in [0.2, 0.25) is 0 Å². The number of hydrogen-bond acceptors (Lipinski definition) is 6. The number of hydrogen-bond donors (Lipinski definition) is 1. The van der Waals surface area contributed by atoms with Crippen molar-refractivity contribution in [3.63, 3.8) is 0 Å². The van der Waals surface area contributed by atoms with Crippen molar-refractivity contribution < 1.29 is 29.0 Å². The molecule has 2 fully saturated rings. The Labute approximate surface area is 265 Å². The van der Waals surface area contributed by atoms with Gasteiger partial charge >= 0.3 is 0 Å². The van der Waals surface area contributed by atoms with Crippen LogP contribution < -0.4 is 9.64 Å². The summed E-state index contributed by atoms with van der Waals surface area (Å²) in [4.78, 5) is 49.1. The first kappa shape index (κ1) is 31.0. The highest BCUT2D eigenvalue weighted by molar-refractivity contribution is 6.04. The van der Waals surface area contributed by atoms with Gasteiger partial charge in [0.05, 0.1) is 24.0 Å². The van der Waals surface area contributed by atoms with Crippen LogP contribution in [0.1, 0.15) is 45.1 Å². The summed E-state index contributed by atoms with van der Waals surface area (Å²) >= 11 is 0. The van der Waals surface area contributed by atoms with E-state index in [0.29, 0.717) is 57.7 Å². The predicted octanol–water partition coefficient (Wildman–Crippen LogP) is 4.11. The van der Waals surface area contributed by atoms with Gasteiger partial charge in [0.2, 0.25) is 17.7 Å². The van der Waals surface area contributed by atoms with E-state index in [1.165, 1.54) is 0 Å². The molecule has 238 valence electrons. The maximum absolute atomic E-state index is 14.7. The van der Waals surface area contributed by atoms with Gasteiger partial charge in [0.25, 0.3) is 0 Å². The van der Waals surface area contributed by atoms with Gasteiger partial charge in [0, 0.05) is 38.5 Å². The van der Waals surface area contributed by atoms with Crippen molar-refractivity contribution in [1.29, 1.82) is 0 Å². The molecule has 0 saturated carbocycles. The van der Waals surface area contributed by atoms with E-state index in [0.717, 1.165) is 17.7 Å². The molecule has 9 nitrogen and oxygen atoms in total. The molecule has 0 aromatic heterocycles. The molecular formula is C36H43N3O6. The normalized spacial score (nSPS) is 29.0. The largest absolute Gasteiger partial charge is 0.494 e. The van der Waals surface area contributed by atoms with E-state index >= 15 is 0 Å². The third-order valence-corrected chi connectivity index (χ3v) is 9.76. The van der Waals surface area contributed by atoms with E-state index in [4.69, 9.17) is 9.47 Å². The third-order valence-electron chi connectivity index (χ3n) is 9.76. The fourth-order valence-electron chi connectivity index (χ4n) is 7.68. The van der Waals surface area contributed by atoms with Gasteiger partial charge < -0.3 is 29.3 Å². The first-order chi connectivity index (χ1) is 21.9. The lowest BCUT2D eigenvalue weighted by atomic mass is 9.73. The molecule has 3 amide bonds. The van der Waals surface area contributed by atoms with Crippen LogP contribution in [0.5, 0.6) is 5.75 Å². The van der Waals surface area contributed by atoms with Crippen LogP contribution in [0.3, 0.4) is 0 Å². The summed E-state index contributed by atoms with van der Waals surface area (Å²) in [6, 6.07) is 16.3. The Kier molecular flexibility index (Phi) is 8.84. The molecule has 0 bridgehead atoms. The molecule has 1 unspecified atom stereocenters. The van der Waals surface area contributed by atoms with E-state index in [1.807, 2.05) is 92.7 Å². The molecule has 4 heterocycles. The molecule has 1 N–H and O–H groups in total. The van der Waals surface area contributed by atoms with Gasteiger partial charge in [-0.2, -0.15) is 0 Å². The second kappa shape index (κ2) is 12.8. The second-order valence-corrected chi connectivity index (χ2v) is 12.3. The maximum Gasteiger partial charge on any atom is 0.249 e. The zero-order chi connectivity index (χ0) is 31.6. The molecule has 1 spiro atoms. The number of rotatable bonds is 11. The molecule has 0 aliphatic carbocycles. The average Bonchev–Trinajstić information content (AvgIpc) is 3.34. The Hall–Kier alpha value is -3.95. The summed E-state index contributed by atoms with van der Waals surface area (Å²) in [6.45, 7) is 5.99. The minimum absolute atomic E-state index is 0.0723.